The maximum Gasteiger partial charge on any atom is 0.275 e. The first kappa shape index (κ1) is 13.3. The van der Waals surface area contributed by atoms with E-state index in [1.165, 1.54) is 0 Å². The predicted octanol–water partition coefficient (Wildman–Crippen LogP) is 1.33. The summed E-state index contributed by atoms with van der Waals surface area (Å²) in [7, 11) is 0. The molecular formula is C12H17N5O2. The smallest absolute Gasteiger partial charge is 0.275 e. The molecule has 2 aromatic heterocycles. The highest BCUT2D eigenvalue weighted by Gasteiger charge is 2.18. The third-order valence-corrected chi connectivity index (χ3v) is 2.71. The molecule has 0 radical (unpaired) electrons. The average Bonchev–Trinajstić information content (AvgIpc) is 2.93. The Morgan fingerprint density at radius 1 is 1.42 bits per heavy atom. The molecule has 102 valence electrons. The van der Waals surface area contributed by atoms with Crippen LogP contribution in [0.25, 0.3) is 0 Å². The van der Waals surface area contributed by atoms with Crippen LogP contribution in [-0.2, 0) is 12.0 Å². The van der Waals surface area contributed by atoms with Crippen LogP contribution in [0.2, 0.25) is 0 Å². The van der Waals surface area contributed by atoms with Gasteiger partial charge in [0.25, 0.3) is 5.91 Å². The number of hydrogen-bond acceptors (Lipinski definition) is 5. The van der Waals surface area contributed by atoms with Crippen LogP contribution < -0.4 is 5.32 Å². The lowest BCUT2D eigenvalue weighted by Crippen LogP contribution is -2.24. The van der Waals surface area contributed by atoms with Crippen LogP contribution >= 0.6 is 0 Å². The van der Waals surface area contributed by atoms with Gasteiger partial charge in [0.1, 0.15) is 5.69 Å². The number of aromatic amines is 1. The summed E-state index contributed by atoms with van der Waals surface area (Å²) in [6.07, 6.45) is 0. The minimum atomic E-state index is -0.314. The molecule has 0 bridgehead atoms. The molecular weight excluding hydrogens is 246 g/mol. The van der Waals surface area contributed by atoms with Crippen molar-refractivity contribution in [2.45, 2.75) is 39.7 Å². The normalized spacial score (nSPS) is 11.6. The van der Waals surface area contributed by atoms with Crippen molar-refractivity contribution in [2.75, 3.05) is 0 Å². The van der Waals surface area contributed by atoms with Crippen LogP contribution in [0.5, 0.6) is 0 Å². The molecule has 7 heteroatoms. The molecule has 2 N–H and O–H groups in total. The Morgan fingerprint density at radius 3 is 2.68 bits per heavy atom. The number of aryl methyl sites for hydroxylation is 1. The number of carbonyl (C=O) groups is 1. The lowest BCUT2D eigenvalue weighted by molar-refractivity contribution is 0.0940. The molecule has 0 atom stereocenters. The molecule has 19 heavy (non-hydrogen) atoms. The molecule has 0 aliphatic rings. The predicted molar refractivity (Wildman–Crippen MR) is 67.5 cm³/mol. The molecule has 0 aliphatic carbocycles. The molecule has 2 heterocycles. The number of carbonyl (C=O) groups excluding carboxylic acids is 1. The fourth-order valence-corrected chi connectivity index (χ4v) is 1.53. The van der Waals surface area contributed by atoms with Crippen molar-refractivity contribution in [2.24, 2.45) is 0 Å². The highest BCUT2D eigenvalue weighted by atomic mass is 16.6. The van der Waals surface area contributed by atoms with E-state index >= 15 is 0 Å². The summed E-state index contributed by atoms with van der Waals surface area (Å²) >= 11 is 0. The van der Waals surface area contributed by atoms with E-state index in [2.05, 4.69) is 51.2 Å². The van der Waals surface area contributed by atoms with Crippen molar-refractivity contribution >= 4 is 5.91 Å². The van der Waals surface area contributed by atoms with E-state index in [1.54, 1.807) is 6.92 Å². The highest BCUT2D eigenvalue weighted by molar-refractivity contribution is 5.92. The molecule has 0 fully saturated rings. The maximum absolute atomic E-state index is 11.8. The standard InChI is InChI=1S/C12H17N5O2/c1-7-10(17-19-16-7)11(18)13-6-8-5-9(15-14-8)12(2,3)4/h5H,6H2,1-4H3,(H,13,18)(H,14,15). The van der Waals surface area contributed by atoms with E-state index in [1.807, 2.05) is 6.07 Å². The number of hydrogen-bond donors (Lipinski definition) is 2. The third-order valence-electron chi connectivity index (χ3n) is 2.71. The van der Waals surface area contributed by atoms with Crippen molar-refractivity contribution in [1.29, 1.82) is 0 Å². The van der Waals surface area contributed by atoms with Crippen LogP contribution in [-0.4, -0.2) is 26.4 Å². The van der Waals surface area contributed by atoms with Crippen LogP contribution in [0.1, 0.15) is 48.3 Å². The summed E-state index contributed by atoms with van der Waals surface area (Å²) in [6.45, 7) is 8.26. The van der Waals surface area contributed by atoms with Crippen LogP contribution in [0, 0.1) is 6.92 Å². The number of rotatable bonds is 3. The topological polar surface area (TPSA) is 96.7 Å². The molecule has 0 saturated carbocycles. The molecule has 2 rings (SSSR count). The number of nitrogens with one attached hydrogen (secondary N) is 2. The van der Waals surface area contributed by atoms with Crippen molar-refractivity contribution < 1.29 is 9.42 Å². The van der Waals surface area contributed by atoms with Crippen molar-refractivity contribution in [1.82, 2.24) is 25.8 Å². The lowest BCUT2D eigenvalue weighted by Gasteiger charge is -2.13. The number of amides is 1. The Labute approximate surface area is 110 Å². The van der Waals surface area contributed by atoms with Gasteiger partial charge in [0.2, 0.25) is 0 Å². The summed E-state index contributed by atoms with van der Waals surface area (Å²) in [5, 5.41) is 17.0. The van der Waals surface area contributed by atoms with Gasteiger partial charge >= 0.3 is 0 Å². The number of nitrogens with zero attached hydrogens (tertiary/aromatic N) is 3. The Balaban J connectivity index is 1.98. The van der Waals surface area contributed by atoms with E-state index in [4.69, 9.17) is 0 Å². The van der Waals surface area contributed by atoms with Gasteiger partial charge in [-0.3, -0.25) is 9.89 Å². The van der Waals surface area contributed by atoms with E-state index < -0.39 is 0 Å². The highest BCUT2D eigenvalue weighted by Crippen LogP contribution is 2.20. The van der Waals surface area contributed by atoms with Gasteiger partial charge in [-0.15, -0.1) is 0 Å². The third kappa shape index (κ3) is 2.98. The molecule has 0 spiro atoms. The van der Waals surface area contributed by atoms with Crippen LogP contribution in [0.4, 0.5) is 0 Å². The van der Waals surface area contributed by atoms with Crippen LogP contribution in [0.15, 0.2) is 10.7 Å². The molecule has 1 amide bonds. The lowest BCUT2D eigenvalue weighted by atomic mass is 9.92. The molecule has 0 aromatic carbocycles. The van der Waals surface area contributed by atoms with Gasteiger partial charge in [0.05, 0.1) is 17.9 Å². The monoisotopic (exact) mass is 263 g/mol. The first-order valence-electron chi connectivity index (χ1n) is 6.00. The van der Waals surface area contributed by atoms with Gasteiger partial charge in [0.15, 0.2) is 5.69 Å². The van der Waals surface area contributed by atoms with Gasteiger partial charge in [0, 0.05) is 5.41 Å². The van der Waals surface area contributed by atoms with Crippen molar-refractivity contribution in [3.63, 3.8) is 0 Å². The number of aromatic nitrogens is 4. The SMILES string of the molecule is Cc1nonc1C(=O)NCc1cc(C(C)(C)C)n[nH]1. The van der Waals surface area contributed by atoms with Crippen molar-refractivity contribution in [3.8, 4) is 0 Å². The second kappa shape index (κ2) is 4.83. The molecule has 0 aliphatic heterocycles. The zero-order valence-electron chi connectivity index (χ0n) is 11.4. The zero-order chi connectivity index (χ0) is 14.0. The summed E-state index contributed by atoms with van der Waals surface area (Å²) in [5.41, 5.74) is 2.45. The average molecular weight is 263 g/mol. The minimum absolute atomic E-state index is 0.0224. The van der Waals surface area contributed by atoms with E-state index in [-0.39, 0.29) is 17.0 Å². The Bertz CT molecular complexity index is 579. The van der Waals surface area contributed by atoms with E-state index in [0.29, 0.717) is 12.2 Å². The molecule has 0 unspecified atom stereocenters. The van der Waals surface area contributed by atoms with E-state index in [0.717, 1.165) is 11.4 Å². The second-order valence-corrected chi connectivity index (χ2v) is 5.41. The Morgan fingerprint density at radius 2 is 2.16 bits per heavy atom. The zero-order valence-corrected chi connectivity index (χ0v) is 11.4. The number of H-pyrrole nitrogens is 1. The largest absolute Gasteiger partial charge is 0.345 e. The molecule has 7 nitrogen and oxygen atoms in total. The first-order chi connectivity index (χ1) is 8.88. The molecule has 0 saturated heterocycles. The summed E-state index contributed by atoms with van der Waals surface area (Å²) in [6, 6.07) is 1.94. The van der Waals surface area contributed by atoms with Crippen LogP contribution in [0.3, 0.4) is 0 Å². The summed E-state index contributed by atoms with van der Waals surface area (Å²) in [5.74, 6) is -0.314. The Kier molecular flexibility index (Phi) is 3.37. The van der Waals surface area contributed by atoms with Crippen molar-refractivity contribution in [3.05, 3.63) is 28.8 Å². The first-order valence-corrected chi connectivity index (χ1v) is 6.00. The summed E-state index contributed by atoms with van der Waals surface area (Å²) < 4.78 is 4.49. The van der Waals surface area contributed by atoms with Gasteiger partial charge in [-0.05, 0) is 18.1 Å². The van der Waals surface area contributed by atoms with Gasteiger partial charge in [-0.25, -0.2) is 4.63 Å². The minimum Gasteiger partial charge on any atom is -0.345 e. The van der Waals surface area contributed by atoms with E-state index in [9.17, 15) is 4.79 Å². The summed E-state index contributed by atoms with van der Waals surface area (Å²) in [4.78, 5) is 11.8. The fraction of sp³-hybridized carbons (Fsp3) is 0.500. The quantitative estimate of drug-likeness (QED) is 0.870. The molecule has 2 aromatic rings. The van der Waals surface area contributed by atoms with Gasteiger partial charge in [-0.1, -0.05) is 25.9 Å². The fourth-order valence-electron chi connectivity index (χ4n) is 1.53. The maximum atomic E-state index is 11.8. The van der Waals surface area contributed by atoms with Gasteiger partial charge < -0.3 is 5.32 Å². The Hall–Kier alpha value is -2.18. The van der Waals surface area contributed by atoms with Gasteiger partial charge in [-0.2, -0.15) is 5.10 Å². The second-order valence-electron chi connectivity index (χ2n) is 5.41.